The zero-order valence-electron chi connectivity index (χ0n) is 7.97. The van der Waals surface area contributed by atoms with E-state index in [-0.39, 0.29) is 0 Å². The molecule has 0 aliphatic carbocycles. The topological polar surface area (TPSA) is 25.8 Å². The lowest BCUT2D eigenvalue weighted by atomic mass is 10.2. The lowest BCUT2D eigenvalue weighted by Gasteiger charge is -1.95. The number of rotatable bonds is 0. The van der Waals surface area contributed by atoms with Crippen LogP contribution in [-0.2, 0) is 0 Å². The summed E-state index contributed by atoms with van der Waals surface area (Å²) in [5.41, 5.74) is 3.21. The van der Waals surface area contributed by atoms with Gasteiger partial charge in [-0.2, -0.15) is 10.2 Å². The maximum Gasteiger partial charge on any atom is 0.0629 e. The summed E-state index contributed by atoms with van der Waals surface area (Å²) in [6, 6.07) is 2.03. The fraction of sp³-hybridized carbons (Fsp3) is 0.556. The summed E-state index contributed by atoms with van der Waals surface area (Å²) in [7, 11) is 0. The Morgan fingerprint density at radius 3 is 1.91 bits per heavy atom. The number of aromatic nitrogens is 2. The van der Waals surface area contributed by atoms with Crippen molar-refractivity contribution < 1.29 is 0 Å². The Morgan fingerprint density at radius 2 is 1.55 bits per heavy atom. The highest BCUT2D eigenvalue weighted by molar-refractivity contribution is 5.16. The molecule has 0 fully saturated rings. The molecule has 0 amide bonds. The molecular weight excluding hydrogens is 136 g/mol. The summed E-state index contributed by atoms with van der Waals surface area (Å²) in [4.78, 5) is 0. The first-order valence-corrected chi connectivity index (χ1v) is 3.97. The van der Waals surface area contributed by atoms with Crippen molar-refractivity contribution in [2.45, 2.75) is 34.6 Å². The summed E-state index contributed by atoms with van der Waals surface area (Å²) in [5, 5.41) is 7.82. The third kappa shape index (κ3) is 3.12. The predicted molar refractivity (Wildman–Crippen MR) is 47.6 cm³/mol. The molecule has 0 saturated heterocycles. The molecule has 0 bridgehead atoms. The maximum absolute atomic E-state index is 3.93. The highest BCUT2D eigenvalue weighted by atomic mass is 15.1. The van der Waals surface area contributed by atoms with Crippen molar-refractivity contribution in [3.63, 3.8) is 0 Å². The van der Waals surface area contributed by atoms with Crippen LogP contribution in [0, 0.1) is 20.8 Å². The highest BCUT2D eigenvalue weighted by Gasteiger charge is 1.92. The van der Waals surface area contributed by atoms with Crippen LogP contribution >= 0.6 is 0 Å². The zero-order chi connectivity index (χ0) is 8.85. The molecule has 0 unspecified atom stereocenters. The number of aryl methyl sites for hydroxylation is 3. The van der Waals surface area contributed by atoms with Gasteiger partial charge in [0.15, 0.2) is 0 Å². The van der Waals surface area contributed by atoms with Crippen LogP contribution < -0.4 is 0 Å². The van der Waals surface area contributed by atoms with Gasteiger partial charge in [0.2, 0.25) is 0 Å². The van der Waals surface area contributed by atoms with E-state index in [1.54, 1.807) is 0 Å². The van der Waals surface area contributed by atoms with Crippen LogP contribution in [0.25, 0.3) is 0 Å². The van der Waals surface area contributed by atoms with Crippen molar-refractivity contribution >= 4 is 0 Å². The molecule has 0 atom stereocenters. The van der Waals surface area contributed by atoms with Crippen molar-refractivity contribution in [1.82, 2.24) is 10.2 Å². The van der Waals surface area contributed by atoms with Gasteiger partial charge in [-0.3, -0.25) is 0 Å². The fourth-order valence-electron chi connectivity index (χ4n) is 0.679. The van der Waals surface area contributed by atoms with E-state index in [9.17, 15) is 0 Å². The van der Waals surface area contributed by atoms with Gasteiger partial charge in [0.25, 0.3) is 0 Å². The molecule has 0 saturated carbocycles. The molecule has 62 valence electrons. The lowest BCUT2D eigenvalue weighted by Crippen LogP contribution is -1.91. The average molecular weight is 152 g/mol. The number of hydrogen-bond acceptors (Lipinski definition) is 2. The largest absolute Gasteiger partial charge is 0.156 e. The predicted octanol–water partition coefficient (Wildman–Crippen LogP) is 2.43. The molecule has 1 aromatic rings. The van der Waals surface area contributed by atoms with Crippen molar-refractivity contribution in [2.24, 2.45) is 0 Å². The maximum atomic E-state index is 3.93. The van der Waals surface area contributed by atoms with Crippen molar-refractivity contribution in [2.75, 3.05) is 0 Å². The summed E-state index contributed by atoms with van der Waals surface area (Å²) in [5.74, 6) is 0. The Hall–Kier alpha value is -0.920. The van der Waals surface area contributed by atoms with Gasteiger partial charge in [-0.1, -0.05) is 13.8 Å². The quantitative estimate of drug-likeness (QED) is 0.570. The van der Waals surface area contributed by atoms with E-state index in [0.717, 1.165) is 11.4 Å². The van der Waals surface area contributed by atoms with Gasteiger partial charge in [0, 0.05) is 0 Å². The SMILES string of the molecule is CC.Cc1cc(C)c(C)nn1. The van der Waals surface area contributed by atoms with E-state index in [4.69, 9.17) is 0 Å². The fourth-order valence-corrected chi connectivity index (χ4v) is 0.679. The van der Waals surface area contributed by atoms with E-state index >= 15 is 0 Å². The van der Waals surface area contributed by atoms with Gasteiger partial charge in [-0.15, -0.1) is 0 Å². The van der Waals surface area contributed by atoms with Gasteiger partial charge in [0.1, 0.15) is 0 Å². The summed E-state index contributed by atoms with van der Waals surface area (Å²) in [6.45, 7) is 9.94. The van der Waals surface area contributed by atoms with Gasteiger partial charge >= 0.3 is 0 Å². The molecule has 1 aromatic heterocycles. The van der Waals surface area contributed by atoms with E-state index < -0.39 is 0 Å². The zero-order valence-corrected chi connectivity index (χ0v) is 7.97. The molecule has 2 nitrogen and oxygen atoms in total. The van der Waals surface area contributed by atoms with Crippen molar-refractivity contribution in [1.29, 1.82) is 0 Å². The monoisotopic (exact) mass is 152 g/mol. The number of nitrogens with zero attached hydrogens (tertiary/aromatic N) is 2. The minimum absolute atomic E-state index is 0.984. The van der Waals surface area contributed by atoms with Gasteiger partial charge in [-0.05, 0) is 32.4 Å². The summed E-state index contributed by atoms with van der Waals surface area (Å²) in [6.07, 6.45) is 0. The smallest absolute Gasteiger partial charge is 0.0629 e. The molecule has 1 rings (SSSR count). The second kappa shape index (κ2) is 4.83. The Morgan fingerprint density at radius 1 is 1.00 bits per heavy atom. The van der Waals surface area contributed by atoms with Crippen LogP contribution in [-0.4, -0.2) is 10.2 Å². The minimum atomic E-state index is 0.984. The normalized spacial score (nSPS) is 8.45. The first-order valence-electron chi connectivity index (χ1n) is 3.97. The molecule has 11 heavy (non-hydrogen) atoms. The summed E-state index contributed by atoms with van der Waals surface area (Å²) < 4.78 is 0. The van der Waals surface area contributed by atoms with Crippen LogP contribution in [0.5, 0.6) is 0 Å². The minimum Gasteiger partial charge on any atom is -0.156 e. The molecule has 2 heteroatoms. The van der Waals surface area contributed by atoms with E-state index in [1.807, 2.05) is 40.7 Å². The van der Waals surface area contributed by atoms with Crippen molar-refractivity contribution in [3.05, 3.63) is 23.0 Å². The Bertz CT molecular complexity index is 219. The van der Waals surface area contributed by atoms with Crippen LogP contribution in [0.1, 0.15) is 30.8 Å². The van der Waals surface area contributed by atoms with Gasteiger partial charge in [-0.25, -0.2) is 0 Å². The Balaban J connectivity index is 0.000000461. The molecule has 0 aliphatic rings. The van der Waals surface area contributed by atoms with Crippen LogP contribution in [0.3, 0.4) is 0 Å². The van der Waals surface area contributed by atoms with E-state index in [1.165, 1.54) is 5.56 Å². The standard InChI is InChI=1S/C7H10N2.C2H6/c1-5-4-6(2)8-9-7(5)3;1-2/h4H,1-3H3;1-2H3. The third-order valence-electron chi connectivity index (χ3n) is 1.35. The van der Waals surface area contributed by atoms with Gasteiger partial charge in [0.05, 0.1) is 11.4 Å². The second-order valence-corrected chi connectivity index (χ2v) is 2.25. The Kier molecular flexibility index (Phi) is 4.42. The molecule has 0 radical (unpaired) electrons. The molecule has 0 aliphatic heterocycles. The van der Waals surface area contributed by atoms with E-state index in [2.05, 4.69) is 10.2 Å². The first kappa shape index (κ1) is 10.1. The van der Waals surface area contributed by atoms with Gasteiger partial charge < -0.3 is 0 Å². The molecular formula is C9H16N2. The number of hydrogen-bond donors (Lipinski definition) is 0. The molecule has 0 N–H and O–H groups in total. The first-order chi connectivity index (χ1) is 5.20. The molecule has 0 aromatic carbocycles. The van der Waals surface area contributed by atoms with Crippen LogP contribution in [0.15, 0.2) is 6.07 Å². The van der Waals surface area contributed by atoms with Crippen molar-refractivity contribution in [3.8, 4) is 0 Å². The van der Waals surface area contributed by atoms with Crippen LogP contribution in [0.2, 0.25) is 0 Å². The third-order valence-corrected chi connectivity index (χ3v) is 1.35. The van der Waals surface area contributed by atoms with Crippen LogP contribution in [0.4, 0.5) is 0 Å². The highest BCUT2D eigenvalue weighted by Crippen LogP contribution is 2.00. The molecule has 1 heterocycles. The Labute approximate surface area is 68.7 Å². The lowest BCUT2D eigenvalue weighted by molar-refractivity contribution is 0.924. The second-order valence-electron chi connectivity index (χ2n) is 2.25. The summed E-state index contributed by atoms with van der Waals surface area (Å²) >= 11 is 0. The average Bonchev–Trinajstić information content (AvgIpc) is 2.02. The molecule has 0 spiro atoms. The van der Waals surface area contributed by atoms with E-state index in [0.29, 0.717) is 0 Å².